The number of benzene rings is 1. The van der Waals surface area contributed by atoms with E-state index >= 15 is 0 Å². The largest absolute Gasteiger partial charge is 0.465 e. The number of carbonyl (C=O) groups excluding carboxylic acids is 1. The quantitative estimate of drug-likeness (QED) is 0.735. The van der Waals surface area contributed by atoms with Gasteiger partial charge in [0.15, 0.2) is 0 Å². The molecule has 0 saturated carbocycles. The molecule has 0 bridgehead atoms. The lowest BCUT2D eigenvalue weighted by Gasteiger charge is -2.26. The molecule has 2 rings (SSSR count). The summed E-state index contributed by atoms with van der Waals surface area (Å²) in [6, 6.07) is 6.47. The SMILES string of the molecule is COC(=O)c1cnc(C)nc1-c1cc(C(C)(C)C)cc(C(C)(C)C)c1. The Morgan fingerprint density at radius 1 is 0.960 bits per heavy atom. The van der Waals surface area contributed by atoms with Crippen molar-refractivity contribution >= 4 is 5.97 Å². The molecule has 2 aromatic rings. The minimum absolute atomic E-state index is 0.0104. The van der Waals surface area contributed by atoms with Crippen LogP contribution in [0.2, 0.25) is 0 Å². The minimum Gasteiger partial charge on any atom is -0.465 e. The van der Waals surface area contributed by atoms with E-state index in [9.17, 15) is 4.79 Å². The van der Waals surface area contributed by atoms with Crippen molar-refractivity contribution in [1.29, 1.82) is 0 Å². The van der Waals surface area contributed by atoms with Crippen molar-refractivity contribution < 1.29 is 9.53 Å². The van der Waals surface area contributed by atoms with Gasteiger partial charge >= 0.3 is 5.97 Å². The maximum absolute atomic E-state index is 12.2. The number of methoxy groups -OCH3 is 1. The molecule has 1 heterocycles. The summed E-state index contributed by atoms with van der Waals surface area (Å²) < 4.78 is 4.91. The second-order valence-electron chi connectivity index (χ2n) is 8.47. The third-order valence-electron chi connectivity index (χ3n) is 4.25. The standard InChI is InChI=1S/C21H28N2O2/c1-13-22-12-17(19(24)25-8)18(23-13)14-9-15(20(2,3)4)11-16(10-14)21(5,6)7/h9-12H,1-8H3. The number of hydrogen-bond acceptors (Lipinski definition) is 4. The minimum atomic E-state index is -0.423. The summed E-state index contributed by atoms with van der Waals surface area (Å²) in [5, 5.41) is 0. The van der Waals surface area contributed by atoms with Gasteiger partial charge in [0.05, 0.1) is 12.8 Å². The normalized spacial score (nSPS) is 12.2. The Kier molecular flexibility index (Phi) is 5.03. The van der Waals surface area contributed by atoms with E-state index in [1.165, 1.54) is 18.2 Å². The summed E-state index contributed by atoms with van der Waals surface area (Å²) >= 11 is 0. The zero-order valence-electron chi connectivity index (χ0n) is 16.5. The zero-order valence-corrected chi connectivity index (χ0v) is 16.5. The van der Waals surface area contributed by atoms with Crippen LogP contribution in [0.3, 0.4) is 0 Å². The van der Waals surface area contributed by atoms with Crippen LogP contribution in [0.4, 0.5) is 0 Å². The van der Waals surface area contributed by atoms with Gasteiger partial charge in [0, 0.05) is 11.8 Å². The fourth-order valence-corrected chi connectivity index (χ4v) is 2.58. The number of rotatable bonds is 2. The van der Waals surface area contributed by atoms with Crippen LogP contribution in [0.25, 0.3) is 11.3 Å². The topological polar surface area (TPSA) is 52.1 Å². The van der Waals surface area contributed by atoms with Crippen molar-refractivity contribution in [3.63, 3.8) is 0 Å². The molecular formula is C21H28N2O2. The lowest BCUT2D eigenvalue weighted by atomic mass is 9.79. The van der Waals surface area contributed by atoms with Crippen LogP contribution in [0.15, 0.2) is 24.4 Å². The predicted molar refractivity (Wildman–Crippen MR) is 101 cm³/mol. The highest BCUT2D eigenvalue weighted by atomic mass is 16.5. The summed E-state index contributed by atoms with van der Waals surface area (Å²) in [5.74, 6) is 0.203. The van der Waals surface area contributed by atoms with Crippen LogP contribution in [0, 0.1) is 6.92 Å². The van der Waals surface area contributed by atoms with Gasteiger partial charge in [-0.05, 0) is 41.0 Å². The molecule has 0 aliphatic heterocycles. The summed E-state index contributed by atoms with van der Waals surface area (Å²) in [6.45, 7) is 14.9. The molecular weight excluding hydrogens is 312 g/mol. The van der Waals surface area contributed by atoms with Crippen LogP contribution in [0.1, 0.15) is 68.9 Å². The molecule has 0 aliphatic carbocycles. The maximum atomic E-state index is 12.2. The Balaban J connectivity index is 2.79. The van der Waals surface area contributed by atoms with Crippen LogP contribution in [-0.2, 0) is 15.6 Å². The molecule has 4 heteroatoms. The first-order valence-electron chi connectivity index (χ1n) is 8.52. The molecule has 134 valence electrons. The van der Waals surface area contributed by atoms with Crippen molar-refractivity contribution in [3.8, 4) is 11.3 Å². The van der Waals surface area contributed by atoms with Gasteiger partial charge in [-0.25, -0.2) is 14.8 Å². The molecule has 0 saturated heterocycles. The Bertz CT molecular complexity index is 764. The van der Waals surface area contributed by atoms with E-state index in [0.29, 0.717) is 17.1 Å². The van der Waals surface area contributed by atoms with E-state index in [-0.39, 0.29) is 10.8 Å². The molecule has 1 aromatic carbocycles. The highest BCUT2D eigenvalue weighted by Gasteiger charge is 2.23. The number of aryl methyl sites for hydroxylation is 1. The lowest BCUT2D eigenvalue weighted by molar-refractivity contribution is 0.0600. The van der Waals surface area contributed by atoms with Crippen molar-refractivity contribution in [3.05, 3.63) is 46.9 Å². The molecule has 25 heavy (non-hydrogen) atoms. The Morgan fingerprint density at radius 3 is 1.92 bits per heavy atom. The maximum Gasteiger partial charge on any atom is 0.341 e. The van der Waals surface area contributed by atoms with Gasteiger partial charge in [0.25, 0.3) is 0 Å². The van der Waals surface area contributed by atoms with E-state index in [2.05, 4.69) is 69.7 Å². The molecule has 1 aromatic heterocycles. The van der Waals surface area contributed by atoms with Crippen LogP contribution < -0.4 is 0 Å². The van der Waals surface area contributed by atoms with Gasteiger partial charge in [-0.2, -0.15) is 0 Å². The molecule has 4 nitrogen and oxygen atoms in total. The molecule has 0 radical (unpaired) electrons. The molecule has 0 atom stereocenters. The van der Waals surface area contributed by atoms with Crippen molar-refractivity contribution in [2.75, 3.05) is 7.11 Å². The molecule has 0 fully saturated rings. The second-order valence-corrected chi connectivity index (χ2v) is 8.47. The number of ether oxygens (including phenoxy) is 1. The third kappa shape index (κ3) is 4.25. The highest BCUT2D eigenvalue weighted by Crippen LogP contribution is 2.34. The highest BCUT2D eigenvalue weighted by molar-refractivity contribution is 5.95. The van der Waals surface area contributed by atoms with Crippen molar-refractivity contribution in [2.24, 2.45) is 0 Å². The molecule has 0 N–H and O–H groups in total. The van der Waals surface area contributed by atoms with E-state index < -0.39 is 5.97 Å². The first-order chi connectivity index (χ1) is 11.4. The first kappa shape index (κ1) is 19.1. The van der Waals surface area contributed by atoms with E-state index in [4.69, 9.17) is 4.74 Å². The van der Waals surface area contributed by atoms with Crippen LogP contribution >= 0.6 is 0 Å². The van der Waals surface area contributed by atoms with E-state index in [1.807, 2.05) is 6.92 Å². The second kappa shape index (κ2) is 6.58. The Hall–Kier alpha value is -2.23. The lowest BCUT2D eigenvalue weighted by Crippen LogP contribution is -2.17. The molecule has 0 amide bonds. The fourth-order valence-electron chi connectivity index (χ4n) is 2.58. The number of hydrogen-bond donors (Lipinski definition) is 0. The van der Waals surface area contributed by atoms with Gasteiger partial charge in [-0.3, -0.25) is 0 Å². The summed E-state index contributed by atoms with van der Waals surface area (Å²) in [4.78, 5) is 20.9. The Morgan fingerprint density at radius 2 is 1.48 bits per heavy atom. The van der Waals surface area contributed by atoms with Gasteiger partial charge in [-0.15, -0.1) is 0 Å². The first-order valence-corrected chi connectivity index (χ1v) is 8.52. The summed E-state index contributed by atoms with van der Waals surface area (Å²) in [6.07, 6.45) is 1.55. The monoisotopic (exact) mass is 340 g/mol. The van der Waals surface area contributed by atoms with Crippen molar-refractivity contribution in [1.82, 2.24) is 9.97 Å². The number of aromatic nitrogens is 2. The average molecular weight is 340 g/mol. The molecule has 0 spiro atoms. The van der Waals surface area contributed by atoms with Crippen LogP contribution in [0.5, 0.6) is 0 Å². The van der Waals surface area contributed by atoms with Crippen LogP contribution in [-0.4, -0.2) is 23.0 Å². The number of esters is 1. The number of carbonyl (C=O) groups is 1. The van der Waals surface area contributed by atoms with Gasteiger partial charge < -0.3 is 4.74 Å². The van der Waals surface area contributed by atoms with Gasteiger partial charge in [0.1, 0.15) is 11.4 Å². The average Bonchev–Trinajstić information content (AvgIpc) is 2.52. The third-order valence-corrected chi connectivity index (χ3v) is 4.25. The predicted octanol–water partition coefficient (Wildman–Crippen LogP) is 4.83. The molecule has 0 aliphatic rings. The van der Waals surface area contributed by atoms with Gasteiger partial charge in [-0.1, -0.05) is 47.6 Å². The molecule has 0 unspecified atom stereocenters. The summed E-state index contributed by atoms with van der Waals surface area (Å²) in [5.41, 5.74) is 4.33. The zero-order chi connectivity index (χ0) is 19.0. The Labute approximate surface area is 150 Å². The summed E-state index contributed by atoms with van der Waals surface area (Å²) in [7, 11) is 1.37. The smallest absolute Gasteiger partial charge is 0.341 e. The van der Waals surface area contributed by atoms with Gasteiger partial charge in [0.2, 0.25) is 0 Å². The van der Waals surface area contributed by atoms with E-state index in [1.54, 1.807) is 6.20 Å². The number of nitrogens with zero attached hydrogens (tertiary/aromatic N) is 2. The van der Waals surface area contributed by atoms with E-state index in [0.717, 1.165) is 5.56 Å². The fraction of sp³-hybridized carbons (Fsp3) is 0.476. The van der Waals surface area contributed by atoms with Crippen molar-refractivity contribution in [2.45, 2.75) is 59.3 Å².